The van der Waals surface area contributed by atoms with Crippen LogP contribution in [-0.4, -0.2) is 32.5 Å². The lowest BCUT2D eigenvalue weighted by Gasteiger charge is -2.23. The topological polar surface area (TPSA) is 172 Å². The molecule has 0 aliphatic carbocycles. The maximum Gasteiger partial charge on any atom is 0.280 e. The molecular formula is C21H24N6O6S2. The summed E-state index contributed by atoms with van der Waals surface area (Å²) in [5.41, 5.74) is -1.28. The summed E-state index contributed by atoms with van der Waals surface area (Å²) >= 11 is 0. The second kappa shape index (κ2) is 8.58. The summed E-state index contributed by atoms with van der Waals surface area (Å²) in [6, 6.07) is 5.90. The van der Waals surface area contributed by atoms with Crippen molar-refractivity contribution in [3.05, 3.63) is 49.3 Å². The number of fused-ring (bicyclic) bond motifs is 2. The fraction of sp³-hybridized carbons (Fsp3) is 0.381. The van der Waals surface area contributed by atoms with Gasteiger partial charge < -0.3 is 5.32 Å². The number of hydrogen-bond acceptors (Lipinski definition) is 8. The van der Waals surface area contributed by atoms with E-state index in [4.69, 9.17) is 0 Å². The molecule has 4 rings (SSSR count). The average molecular weight is 521 g/mol. The van der Waals surface area contributed by atoms with Gasteiger partial charge in [-0.1, -0.05) is 13.8 Å². The minimum Gasteiger partial charge on any atom is -0.339 e. The Hall–Kier alpha value is -3.57. The predicted octanol–water partition coefficient (Wildman–Crippen LogP) is -1.17. The summed E-state index contributed by atoms with van der Waals surface area (Å²) in [6.45, 7) is 4.40. The summed E-state index contributed by atoms with van der Waals surface area (Å²) in [7, 11) is -7.90. The van der Waals surface area contributed by atoms with Crippen molar-refractivity contribution in [3.63, 3.8) is 0 Å². The van der Waals surface area contributed by atoms with Gasteiger partial charge >= 0.3 is 0 Å². The Kier molecular flexibility index (Phi) is 6.02. The fourth-order valence-corrected chi connectivity index (χ4v) is 5.77. The van der Waals surface area contributed by atoms with E-state index in [1.165, 1.54) is 27.6 Å². The summed E-state index contributed by atoms with van der Waals surface area (Å²) in [4.78, 5) is 26.5. The molecule has 1 unspecified atom stereocenters. The minimum atomic E-state index is -4.26. The number of nitrogens with zero attached hydrogens (tertiary/aromatic N) is 3. The second-order valence-electron chi connectivity index (χ2n) is 8.88. The van der Waals surface area contributed by atoms with Crippen molar-refractivity contribution in [1.82, 2.24) is 14.1 Å². The Labute approximate surface area is 201 Å². The Morgan fingerprint density at radius 3 is 2.63 bits per heavy atom. The van der Waals surface area contributed by atoms with Crippen molar-refractivity contribution >= 4 is 43.3 Å². The molecule has 3 heterocycles. The molecule has 2 aromatic rings. The van der Waals surface area contributed by atoms with Crippen LogP contribution in [0, 0.1) is 23.2 Å². The largest absolute Gasteiger partial charge is 0.339 e. The van der Waals surface area contributed by atoms with Gasteiger partial charge in [-0.2, -0.15) is 5.26 Å². The van der Waals surface area contributed by atoms with Crippen LogP contribution in [0.25, 0.3) is 11.9 Å². The van der Waals surface area contributed by atoms with E-state index in [9.17, 15) is 31.7 Å². The molecule has 0 amide bonds. The van der Waals surface area contributed by atoms with Crippen molar-refractivity contribution in [2.75, 3.05) is 16.3 Å². The van der Waals surface area contributed by atoms with Gasteiger partial charge in [0.25, 0.3) is 15.6 Å². The maximum atomic E-state index is 13.5. The van der Waals surface area contributed by atoms with Crippen LogP contribution in [0.2, 0.25) is 0 Å². The third-order valence-electron chi connectivity index (χ3n) is 5.61. The maximum absolute atomic E-state index is 13.5. The lowest BCUT2D eigenvalue weighted by Crippen LogP contribution is -2.60. The second-order valence-corrected chi connectivity index (χ2v) is 12.3. The number of anilines is 2. The van der Waals surface area contributed by atoms with Gasteiger partial charge in [0.05, 0.1) is 30.5 Å². The predicted molar refractivity (Wildman–Crippen MR) is 129 cm³/mol. The third kappa shape index (κ3) is 4.69. The number of nitriles is 1. The molecule has 1 atom stereocenters. The van der Waals surface area contributed by atoms with E-state index in [-0.39, 0.29) is 51.7 Å². The monoisotopic (exact) mass is 520 g/mol. The quantitative estimate of drug-likeness (QED) is 0.442. The van der Waals surface area contributed by atoms with E-state index in [1.807, 2.05) is 13.8 Å². The first-order chi connectivity index (χ1) is 16.3. The van der Waals surface area contributed by atoms with Crippen LogP contribution in [0.5, 0.6) is 0 Å². The Balaban J connectivity index is 1.96. The highest BCUT2D eigenvalue weighted by molar-refractivity contribution is 7.92. The van der Waals surface area contributed by atoms with Crippen molar-refractivity contribution in [2.45, 2.75) is 38.3 Å². The number of nitrogens with one attached hydrogen (secondary N) is 3. The molecule has 2 aliphatic heterocycles. The lowest BCUT2D eigenvalue weighted by molar-refractivity contribution is 0.379. The minimum absolute atomic E-state index is 0.0357. The highest BCUT2D eigenvalue weighted by Crippen LogP contribution is 2.30. The van der Waals surface area contributed by atoms with Crippen LogP contribution in [0.4, 0.5) is 11.4 Å². The van der Waals surface area contributed by atoms with Crippen LogP contribution in [0.3, 0.4) is 0 Å². The fourth-order valence-electron chi connectivity index (χ4n) is 3.99. The van der Waals surface area contributed by atoms with Gasteiger partial charge in [-0.3, -0.25) is 23.7 Å². The zero-order valence-electron chi connectivity index (χ0n) is 19.2. The van der Waals surface area contributed by atoms with Crippen LogP contribution in [0.15, 0.2) is 32.7 Å². The molecule has 0 saturated carbocycles. The van der Waals surface area contributed by atoms with E-state index in [1.54, 1.807) is 0 Å². The summed E-state index contributed by atoms with van der Waals surface area (Å²) in [5, 5.41) is 11.9. The molecule has 1 aromatic heterocycles. The Morgan fingerprint density at radius 1 is 1.29 bits per heavy atom. The van der Waals surface area contributed by atoms with Crippen LogP contribution in [-0.2, 0) is 33.1 Å². The van der Waals surface area contributed by atoms with E-state index in [0.29, 0.717) is 6.42 Å². The van der Waals surface area contributed by atoms with Crippen LogP contribution in [0.1, 0.15) is 20.3 Å². The highest BCUT2D eigenvalue weighted by atomic mass is 32.2. The lowest BCUT2D eigenvalue weighted by atomic mass is 10.1. The molecule has 0 radical (unpaired) electrons. The first kappa shape index (κ1) is 24.6. The number of rotatable bonds is 5. The van der Waals surface area contributed by atoms with Gasteiger partial charge in [0.15, 0.2) is 0 Å². The standard InChI is InChI=1S/C21H24N6O6S2/c1-12(2)6-7-26-21(29)18(19(28)16-8-13(10-22)11-27(16)26)20-23-15-5-4-14(24-34(3,30)31)9-17(15)35(32,33)25-20/h4-5,8-9,12-13,23-25H,6-7,11H2,1-3H3. The molecule has 0 saturated heterocycles. The average Bonchev–Trinajstić information content (AvgIpc) is 3.17. The molecule has 0 bridgehead atoms. The number of sulfonamides is 2. The van der Waals surface area contributed by atoms with Crippen LogP contribution < -0.4 is 36.3 Å². The van der Waals surface area contributed by atoms with E-state index < -0.39 is 37.0 Å². The van der Waals surface area contributed by atoms with Crippen molar-refractivity contribution in [3.8, 4) is 6.07 Å². The van der Waals surface area contributed by atoms with Gasteiger partial charge in [-0.25, -0.2) is 21.5 Å². The first-order valence-electron chi connectivity index (χ1n) is 10.7. The molecule has 2 aliphatic rings. The van der Waals surface area contributed by atoms with E-state index in [2.05, 4.69) is 20.8 Å². The molecule has 1 aromatic carbocycles. The molecular weight excluding hydrogens is 496 g/mol. The first-order valence-corrected chi connectivity index (χ1v) is 14.1. The van der Waals surface area contributed by atoms with Gasteiger partial charge in [-0.15, -0.1) is 0 Å². The summed E-state index contributed by atoms with van der Waals surface area (Å²) < 4.78 is 56.4. The number of benzene rings is 1. The Bertz CT molecular complexity index is 1730. The molecule has 0 fully saturated rings. The number of aromatic nitrogens is 2. The molecule has 35 heavy (non-hydrogen) atoms. The SMILES string of the molecule is CC(C)CCn1c(=O)c(=C2Nc3ccc(NS(C)(=O)=O)cc3S(=O)(=O)N2)c(=O)c2n1CC(C#N)C=2. The molecule has 0 spiro atoms. The van der Waals surface area contributed by atoms with Crippen molar-refractivity contribution in [2.24, 2.45) is 11.8 Å². The zero-order chi connectivity index (χ0) is 25.7. The zero-order valence-corrected chi connectivity index (χ0v) is 20.8. The smallest absolute Gasteiger partial charge is 0.280 e. The van der Waals surface area contributed by atoms with Gasteiger partial charge in [0, 0.05) is 12.2 Å². The molecule has 12 nitrogen and oxygen atoms in total. The van der Waals surface area contributed by atoms with Crippen LogP contribution >= 0.6 is 0 Å². The summed E-state index contributed by atoms with van der Waals surface area (Å²) in [5.74, 6) is -0.636. The molecule has 3 N–H and O–H groups in total. The van der Waals surface area contributed by atoms with Gasteiger partial charge in [0.2, 0.25) is 15.5 Å². The number of hydrogen-bond donors (Lipinski definition) is 3. The highest BCUT2D eigenvalue weighted by Gasteiger charge is 2.29. The molecule has 186 valence electrons. The third-order valence-corrected chi connectivity index (χ3v) is 7.61. The van der Waals surface area contributed by atoms with Crippen molar-refractivity contribution in [1.29, 1.82) is 5.26 Å². The normalized spacial score (nSPS) is 19.6. The Morgan fingerprint density at radius 2 is 2.00 bits per heavy atom. The van der Waals surface area contributed by atoms with Gasteiger partial charge in [-0.05, 0) is 36.6 Å². The van der Waals surface area contributed by atoms with Gasteiger partial charge in [0.1, 0.15) is 21.3 Å². The van der Waals surface area contributed by atoms with E-state index >= 15 is 0 Å². The van der Waals surface area contributed by atoms with Crippen molar-refractivity contribution < 1.29 is 16.8 Å². The van der Waals surface area contributed by atoms with E-state index in [0.717, 1.165) is 12.3 Å². The molecule has 14 heteroatoms. The summed E-state index contributed by atoms with van der Waals surface area (Å²) in [6.07, 6.45) is 3.04.